The first-order valence-corrected chi connectivity index (χ1v) is 6.31. The van der Waals surface area contributed by atoms with Crippen LogP contribution in [0.2, 0.25) is 0 Å². The Labute approximate surface area is 103 Å². The van der Waals surface area contributed by atoms with Gasteiger partial charge in [0, 0.05) is 12.6 Å². The summed E-state index contributed by atoms with van der Waals surface area (Å²) in [5.74, 6) is 0. The Balaban J connectivity index is 2.06. The maximum absolute atomic E-state index is 9.39. The molecular formula is C14H22N2O. The van der Waals surface area contributed by atoms with Crippen molar-refractivity contribution in [3.63, 3.8) is 0 Å². The topological polar surface area (TPSA) is 49.5 Å². The average molecular weight is 234 g/mol. The molecule has 1 aliphatic heterocycles. The molecule has 17 heavy (non-hydrogen) atoms. The fourth-order valence-electron chi connectivity index (χ4n) is 2.69. The molecule has 0 bridgehead atoms. The summed E-state index contributed by atoms with van der Waals surface area (Å²) in [7, 11) is 0. The van der Waals surface area contributed by atoms with Gasteiger partial charge in [-0.15, -0.1) is 0 Å². The van der Waals surface area contributed by atoms with Gasteiger partial charge >= 0.3 is 0 Å². The summed E-state index contributed by atoms with van der Waals surface area (Å²) in [5, 5.41) is 9.39. The molecule has 1 heterocycles. The molecule has 2 unspecified atom stereocenters. The highest BCUT2D eigenvalue weighted by atomic mass is 16.3. The van der Waals surface area contributed by atoms with Crippen molar-refractivity contribution in [1.29, 1.82) is 0 Å². The van der Waals surface area contributed by atoms with Crippen molar-refractivity contribution >= 4 is 0 Å². The highest BCUT2D eigenvalue weighted by molar-refractivity contribution is 5.15. The van der Waals surface area contributed by atoms with Gasteiger partial charge in [0.05, 0.1) is 12.1 Å². The van der Waals surface area contributed by atoms with Crippen molar-refractivity contribution in [1.82, 2.24) is 4.90 Å². The van der Waals surface area contributed by atoms with Crippen molar-refractivity contribution in [2.24, 2.45) is 5.73 Å². The van der Waals surface area contributed by atoms with Crippen LogP contribution >= 0.6 is 0 Å². The number of nitrogens with zero attached hydrogens (tertiary/aromatic N) is 1. The first kappa shape index (κ1) is 12.6. The maximum Gasteiger partial charge on any atom is 0.0623 e. The quantitative estimate of drug-likeness (QED) is 0.827. The predicted molar refractivity (Wildman–Crippen MR) is 69.6 cm³/mol. The number of hydrogen-bond acceptors (Lipinski definition) is 3. The van der Waals surface area contributed by atoms with Crippen LogP contribution in [0.4, 0.5) is 0 Å². The number of rotatable bonds is 4. The Morgan fingerprint density at radius 2 is 2.12 bits per heavy atom. The minimum atomic E-state index is -0.495. The van der Waals surface area contributed by atoms with E-state index in [9.17, 15) is 5.11 Å². The molecule has 1 aromatic rings. The largest absolute Gasteiger partial charge is 0.394 e. The van der Waals surface area contributed by atoms with Crippen molar-refractivity contribution in [3.05, 3.63) is 35.9 Å². The molecule has 2 atom stereocenters. The van der Waals surface area contributed by atoms with E-state index in [0.29, 0.717) is 0 Å². The minimum Gasteiger partial charge on any atom is -0.394 e. The normalized spacial score (nSPS) is 24.8. The van der Waals surface area contributed by atoms with Gasteiger partial charge in [-0.2, -0.15) is 0 Å². The lowest BCUT2D eigenvalue weighted by molar-refractivity contribution is 0.106. The van der Waals surface area contributed by atoms with E-state index in [-0.39, 0.29) is 12.6 Å². The van der Waals surface area contributed by atoms with E-state index in [2.05, 4.69) is 29.2 Å². The standard InChI is InChI=1S/C14H22N2O/c1-14(15,11-17)13-8-5-9-16(13)10-12-6-3-2-4-7-12/h2-4,6-7,13,17H,5,8-11,15H2,1H3. The van der Waals surface area contributed by atoms with Crippen LogP contribution in [-0.2, 0) is 6.54 Å². The van der Waals surface area contributed by atoms with Crippen LogP contribution in [0.15, 0.2) is 30.3 Å². The van der Waals surface area contributed by atoms with Crippen LogP contribution in [0.5, 0.6) is 0 Å². The summed E-state index contributed by atoms with van der Waals surface area (Å²) in [6.45, 7) is 3.99. The predicted octanol–water partition coefficient (Wildman–Crippen LogP) is 1.36. The van der Waals surface area contributed by atoms with E-state index < -0.39 is 5.54 Å². The molecule has 0 aromatic heterocycles. The summed E-state index contributed by atoms with van der Waals surface area (Å²) in [5.41, 5.74) is 6.99. The summed E-state index contributed by atoms with van der Waals surface area (Å²) in [4.78, 5) is 2.39. The highest BCUT2D eigenvalue weighted by Crippen LogP contribution is 2.26. The molecule has 0 aliphatic carbocycles. The lowest BCUT2D eigenvalue weighted by Gasteiger charge is -2.36. The second-order valence-corrected chi connectivity index (χ2v) is 5.28. The molecule has 1 aromatic carbocycles. The maximum atomic E-state index is 9.39. The van der Waals surface area contributed by atoms with Gasteiger partial charge in [-0.1, -0.05) is 30.3 Å². The van der Waals surface area contributed by atoms with Gasteiger partial charge < -0.3 is 10.8 Å². The monoisotopic (exact) mass is 234 g/mol. The third kappa shape index (κ3) is 2.86. The van der Waals surface area contributed by atoms with Gasteiger partial charge in [0.15, 0.2) is 0 Å². The lowest BCUT2D eigenvalue weighted by Crippen LogP contribution is -2.56. The average Bonchev–Trinajstić information content (AvgIpc) is 2.79. The van der Waals surface area contributed by atoms with Gasteiger partial charge in [-0.3, -0.25) is 4.90 Å². The molecule has 3 N–H and O–H groups in total. The number of nitrogens with two attached hydrogens (primary N) is 1. The van der Waals surface area contributed by atoms with E-state index >= 15 is 0 Å². The molecule has 3 nitrogen and oxygen atoms in total. The molecular weight excluding hydrogens is 212 g/mol. The number of likely N-dealkylation sites (tertiary alicyclic amines) is 1. The molecule has 0 radical (unpaired) electrons. The van der Waals surface area contributed by atoms with Crippen molar-refractivity contribution in [2.45, 2.75) is 37.9 Å². The molecule has 3 heteroatoms. The zero-order chi connectivity index (χ0) is 12.3. The molecule has 1 saturated heterocycles. The Hall–Kier alpha value is -0.900. The van der Waals surface area contributed by atoms with Gasteiger partial charge in [0.25, 0.3) is 0 Å². The highest BCUT2D eigenvalue weighted by Gasteiger charge is 2.37. The molecule has 94 valence electrons. The van der Waals surface area contributed by atoms with Gasteiger partial charge in [-0.05, 0) is 31.9 Å². The van der Waals surface area contributed by atoms with Crippen molar-refractivity contribution in [2.75, 3.05) is 13.2 Å². The minimum absolute atomic E-state index is 0.0446. The van der Waals surface area contributed by atoms with Gasteiger partial charge in [0.1, 0.15) is 0 Å². The summed E-state index contributed by atoms with van der Waals surface area (Å²) >= 11 is 0. The van der Waals surface area contributed by atoms with E-state index in [1.54, 1.807) is 0 Å². The number of benzene rings is 1. The van der Waals surface area contributed by atoms with Crippen LogP contribution in [0.25, 0.3) is 0 Å². The van der Waals surface area contributed by atoms with Gasteiger partial charge in [-0.25, -0.2) is 0 Å². The fourth-order valence-corrected chi connectivity index (χ4v) is 2.69. The molecule has 0 amide bonds. The smallest absolute Gasteiger partial charge is 0.0623 e. The third-order valence-electron chi connectivity index (χ3n) is 3.69. The van der Waals surface area contributed by atoms with Crippen LogP contribution in [0.1, 0.15) is 25.3 Å². The first-order valence-electron chi connectivity index (χ1n) is 6.31. The van der Waals surface area contributed by atoms with Crippen LogP contribution in [-0.4, -0.2) is 34.7 Å². The van der Waals surface area contributed by atoms with E-state index in [4.69, 9.17) is 5.73 Å². The Bertz CT molecular complexity index is 350. The molecule has 1 fully saturated rings. The van der Waals surface area contributed by atoms with E-state index in [0.717, 1.165) is 19.5 Å². The van der Waals surface area contributed by atoms with E-state index in [1.807, 2.05) is 13.0 Å². The molecule has 1 aliphatic rings. The Morgan fingerprint density at radius 3 is 2.76 bits per heavy atom. The van der Waals surface area contributed by atoms with Crippen LogP contribution in [0, 0.1) is 0 Å². The molecule has 2 rings (SSSR count). The second kappa shape index (κ2) is 5.17. The van der Waals surface area contributed by atoms with E-state index in [1.165, 1.54) is 12.0 Å². The number of aliphatic hydroxyl groups excluding tert-OH is 1. The number of aliphatic hydroxyl groups is 1. The first-order chi connectivity index (χ1) is 8.13. The summed E-state index contributed by atoms with van der Waals surface area (Å²) in [6, 6.07) is 10.7. The second-order valence-electron chi connectivity index (χ2n) is 5.28. The van der Waals surface area contributed by atoms with Crippen molar-refractivity contribution in [3.8, 4) is 0 Å². The van der Waals surface area contributed by atoms with Crippen LogP contribution in [0.3, 0.4) is 0 Å². The lowest BCUT2D eigenvalue weighted by atomic mass is 9.92. The fraction of sp³-hybridized carbons (Fsp3) is 0.571. The molecule has 0 spiro atoms. The third-order valence-corrected chi connectivity index (χ3v) is 3.69. The van der Waals surface area contributed by atoms with Gasteiger partial charge in [0.2, 0.25) is 0 Å². The Morgan fingerprint density at radius 1 is 1.41 bits per heavy atom. The number of hydrogen-bond donors (Lipinski definition) is 2. The Kier molecular flexibility index (Phi) is 3.82. The summed E-state index contributed by atoms with van der Waals surface area (Å²) in [6.07, 6.45) is 2.25. The zero-order valence-corrected chi connectivity index (χ0v) is 10.5. The van der Waals surface area contributed by atoms with Crippen molar-refractivity contribution < 1.29 is 5.11 Å². The van der Waals surface area contributed by atoms with Crippen LogP contribution < -0.4 is 5.73 Å². The SMILES string of the molecule is CC(N)(CO)C1CCCN1Cc1ccccc1. The zero-order valence-electron chi connectivity index (χ0n) is 10.5. The summed E-state index contributed by atoms with van der Waals surface area (Å²) < 4.78 is 0. The molecule has 0 saturated carbocycles.